The van der Waals surface area contributed by atoms with Crippen LogP contribution >= 0.6 is 11.6 Å². The number of benzene rings is 3. The molecule has 28 heavy (non-hydrogen) atoms. The van der Waals surface area contributed by atoms with Crippen molar-refractivity contribution in [2.75, 3.05) is 15.9 Å². The molecule has 4 rings (SSSR count). The van der Waals surface area contributed by atoms with Gasteiger partial charge < -0.3 is 4.90 Å². The third-order valence-corrected chi connectivity index (χ3v) is 7.35. The molecule has 3 aromatic rings. The Kier molecular flexibility index (Phi) is 4.81. The van der Waals surface area contributed by atoms with Gasteiger partial charge in [0.05, 0.1) is 11.4 Å². The van der Waals surface area contributed by atoms with Crippen LogP contribution < -0.4 is 9.21 Å². The molecule has 1 heterocycles. The average Bonchev–Trinajstić information content (AvgIpc) is 2.68. The molecule has 0 N–H and O–H groups in total. The first-order valence-electron chi connectivity index (χ1n) is 9.05. The first-order valence-corrected chi connectivity index (χ1v) is 10.9. The zero-order valence-electron chi connectivity index (χ0n) is 15.8. The van der Waals surface area contributed by atoms with Crippen LogP contribution in [0.1, 0.15) is 16.7 Å². The van der Waals surface area contributed by atoms with Crippen molar-refractivity contribution in [3.05, 3.63) is 88.4 Å². The summed E-state index contributed by atoms with van der Waals surface area (Å²) in [4.78, 5) is 2.36. The van der Waals surface area contributed by atoms with Gasteiger partial charge in [0, 0.05) is 11.6 Å². The Morgan fingerprint density at radius 2 is 1.64 bits per heavy atom. The van der Waals surface area contributed by atoms with Crippen molar-refractivity contribution in [1.29, 1.82) is 0 Å². The third kappa shape index (κ3) is 3.25. The fourth-order valence-corrected chi connectivity index (χ4v) is 5.26. The molecule has 0 saturated carbocycles. The fourth-order valence-electron chi connectivity index (χ4n) is 3.43. The Bertz CT molecular complexity index is 1140. The van der Waals surface area contributed by atoms with Crippen LogP contribution in [0.25, 0.3) is 0 Å². The van der Waals surface area contributed by atoms with Gasteiger partial charge in [0.25, 0.3) is 10.0 Å². The van der Waals surface area contributed by atoms with E-state index in [9.17, 15) is 8.42 Å². The summed E-state index contributed by atoms with van der Waals surface area (Å²) < 4.78 is 28.1. The van der Waals surface area contributed by atoms with Crippen LogP contribution in [0.5, 0.6) is 0 Å². The summed E-state index contributed by atoms with van der Waals surface area (Å²) in [6, 6.07) is 20.5. The summed E-state index contributed by atoms with van der Waals surface area (Å²) in [6.45, 7) is 4.76. The van der Waals surface area contributed by atoms with E-state index in [1.165, 1.54) is 4.31 Å². The molecule has 0 radical (unpaired) electrons. The van der Waals surface area contributed by atoms with Gasteiger partial charge in [0.1, 0.15) is 11.6 Å². The van der Waals surface area contributed by atoms with Gasteiger partial charge in [-0.3, -0.25) is 0 Å². The van der Waals surface area contributed by atoms with Crippen LogP contribution in [0, 0.1) is 13.8 Å². The summed E-state index contributed by atoms with van der Waals surface area (Å²) in [5.74, 6) is 0. The van der Waals surface area contributed by atoms with E-state index in [0.29, 0.717) is 27.8 Å². The fraction of sp³-hybridized carbons (Fsp3) is 0.182. The molecule has 0 unspecified atom stereocenters. The van der Waals surface area contributed by atoms with Gasteiger partial charge in [-0.2, -0.15) is 0 Å². The van der Waals surface area contributed by atoms with Crippen molar-refractivity contribution >= 4 is 33.0 Å². The minimum atomic E-state index is -3.64. The van der Waals surface area contributed by atoms with E-state index in [0.717, 1.165) is 16.7 Å². The van der Waals surface area contributed by atoms with Crippen LogP contribution in [-0.4, -0.2) is 15.1 Å². The van der Waals surface area contributed by atoms with E-state index < -0.39 is 10.0 Å². The Morgan fingerprint density at radius 1 is 0.929 bits per heavy atom. The standard InChI is InChI=1S/C22H21ClN2O2S/c1-16-11-12-19(13-17(16)2)25-15-24(14-18-7-3-4-8-20(18)23)21-9-5-6-10-22(21)28(25,26)27/h3-13H,14-15H2,1-2H3. The lowest BCUT2D eigenvalue weighted by atomic mass is 10.1. The van der Waals surface area contributed by atoms with Crippen molar-refractivity contribution in [2.45, 2.75) is 25.3 Å². The quantitative estimate of drug-likeness (QED) is 0.598. The third-order valence-electron chi connectivity index (χ3n) is 5.17. The van der Waals surface area contributed by atoms with E-state index in [4.69, 9.17) is 11.6 Å². The topological polar surface area (TPSA) is 40.6 Å². The van der Waals surface area contributed by atoms with Crippen molar-refractivity contribution in [2.24, 2.45) is 0 Å². The Hall–Kier alpha value is -2.50. The number of halogens is 1. The number of nitrogens with zero attached hydrogens (tertiary/aromatic N) is 2. The maximum Gasteiger partial charge on any atom is 0.267 e. The summed E-state index contributed by atoms with van der Waals surface area (Å²) >= 11 is 6.36. The van der Waals surface area contributed by atoms with E-state index in [1.807, 2.05) is 73.3 Å². The van der Waals surface area contributed by atoms with E-state index >= 15 is 0 Å². The molecule has 0 bridgehead atoms. The van der Waals surface area contributed by atoms with E-state index in [1.54, 1.807) is 12.1 Å². The van der Waals surface area contributed by atoms with Gasteiger partial charge in [-0.15, -0.1) is 0 Å². The van der Waals surface area contributed by atoms with E-state index in [-0.39, 0.29) is 6.67 Å². The molecular formula is C22H21ClN2O2S. The van der Waals surface area contributed by atoms with Crippen molar-refractivity contribution in [3.8, 4) is 0 Å². The lowest BCUT2D eigenvalue weighted by Crippen LogP contribution is -2.46. The number of rotatable bonds is 3. The van der Waals surface area contributed by atoms with Gasteiger partial charge in [-0.1, -0.05) is 48.0 Å². The van der Waals surface area contributed by atoms with Crippen LogP contribution in [0.15, 0.2) is 71.6 Å². The zero-order chi connectivity index (χ0) is 19.9. The Balaban J connectivity index is 1.82. The summed E-state index contributed by atoms with van der Waals surface area (Å²) in [5, 5.41) is 0.672. The highest BCUT2D eigenvalue weighted by Crippen LogP contribution is 2.37. The maximum absolute atomic E-state index is 13.3. The molecule has 144 valence electrons. The van der Waals surface area contributed by atoms with Crippen LogP contribution in [0.4, 0.5) is 11.4 Å². The second kappa shape index (κ2) is 7.15. The second-order valence-electron chi connectivity index (χ2n) is 7.02. The smallest absolute Gasteiger partial charge is 0.267 e. The number of fused-ring (bicyclic) bond motifs is 1. The predicted octanol–water partition coefficient (Wildman–Crippen LogP) is 5.13. The van der Waals surface area contributed by atoms with Crippen molar-refractivity contribution < 1.29 is 8.42 Å². The monoisotopic (exact) mass is 412 g/mol. The van der Waals surface area contributed by atoms with Crippen LogP contribution in [-0.2, 0) is 16.6 Å². The Morgan fingerprint density at radius 3 is 2.39 bits per heavy atom. The molecule has 0 saturated heterocycles. The SMILES string of the molecule is Cc1ccc(N2CN(Cc3ccccc3Cl)c3ccccc3S2(=O)=O)cc1C. The normalized spacial score (nSPS) is 15.4. The molecule has 0 spiro atoms. The number of aryl methyl sites for hydroxylation is 2. The first-order chi connectivity index (χ1) is 13.4. The van der Waals surface area contributed by atoms with Crippen LogP contribution in [0.2, 0.25) is 5.02 Å². The van der Waals surface area contributed by atoms with Gasteiger partial charge >= 0.3 is 0 Å². The lowest BCUT2D eigenvalue weighted by molar-refractivity contribution is 0.582. The number of hydrogen-bond donors (Lipinski definition) is 0. The average molecular weight is 413 g/mol. The van der Waals surface area contributed by atoms with Gasteiger partial charge in [-0.25, -0.2) is 12.7 Å². The predicted molar refractivity (Wildman–Crippen MR) is 115 cm³/mol. The highest BCUT2D eigenvalue weighted by Gasteiger charge is 2.35. The molecule has 3 aromatic carbocycles. The number of hydrogen-bond acceptors (Lipinski definition) is 3. The minimum absolute atomic E-state index is 0.229. The van der Waals surface area contributed by atoms with Gasteiger partial charge in [0.15, 0.2) is 0 Å². The zero-order valence-corrected chi connectivity index (χ0v) is 17.3. The Labute approximate surface area is 171 Å². The molecule has 6 heteroatoms. The number of sulfonamides is 1. The number of para-hydroxylation sites is 1. The second-order valence-corrected chi connectivity index (χ2v) is 9.26. The molecule has 0 amide bonds. The van der Waals surface area contributed by atoms with Gasteiger partial charge in [-0.05, 0) is 60.9 Å². The molecule has 1 aliphatic rings. The highest BCUT2D eigenvalue weighted by atomic mass is 35.5. The molecule has 0 aliphatic carbocycles. The molecule has 0 aromatic heterocycles. The molecule has 0 atom stereocenters. The van der Waals surface area contributed by atoms with Crippen molar-refractivity contribution in [1.82, 2.24) is 0 Å². The first kappa shape index (κ1) is 18.8. The van der Waals surface area contributed by atoms with Crippen molar-refractivity contribution in [3.63, 3.8) is 0 Å². The molecule has 0 fully saturated rings. The van der Waals surface area contributed by atoms with E-state index in [2.05, 4.69) is 0 Å². The molecule has 4 nitrogen and oxygen atoms in total. The lowest BCUT2D eigenvalue weighted by Gasteiger charge is -2.39. The highest BCUT2D eigenvalue weighted by molar-refractivity contribution is 7.93. The number of anilines is 2. The summed E-state index contributed by atoms with van der Waals surface area (Å²) in [7, 11) is -3.64. The molecule has 1 aliphatic heterocycles. The maximum atomic E-state index is 13.3. The summed E-state index contributed by atoms with van der Waals surface area (Å²) in [6.07, 6.45) is 0. The largest absolute Gasteiger partial charge is 0.347 e. The molecular weight excluding hydrogens is 392 g/mol. The minimum Gasteiger partial charge on any atom is -0.347 e. The van der Waals surface area contributed by atoms with Crippen LogP contribution in [0.3, 0.4) is 0 Å². The summed E-state index contributed by atoms with van der Waals surface area (Å²) in [5.41, 5.74) is 4.51. The van der Waals surface area contributed by atoms with Gasteiger partial charge in [0.2, 0.25) is 0 Å².